The van der Waals surface area contributed by atoms with Gasteiger partial charge < -0.3 is 9.84 Å². The van der Waals surface area contributed by atoms with E-state index in [-0.39, 0.29) is 17.4 Å². The van der Waals surface area contributed by atoms with Gasteiger partial charge in [-0.25, -0.2) is 18.9 Å². The van der Waals surface area contributed by atoms with Crippen molar-refractivity contribution in [2.24, 2.45) is 5.92 Å². The van der Waals surface area contributed by atoms with Crippen molar-refractivity contribution in [3.05, 3.63) is 35.0 Å². The van der Waals surface area contributed by atoms with Crippen molar-refractivity contribution in [1.82, 2.24) is 14.8 Å². The lowest BCUT2D eigenvalue weighted by atomic mass is 10.1. The number of aromatic carboxylic acids is 1. The van der Waals surface area contributed by atoms with Gasteiger partial charge in [-0.2, -0.15) is 5.10 Å². The van der Waals surface area contributed by atoms with Gasteiger partial charge in [0, 0.05) is 17.5 Å². The number of carboxylic acid groups (broad SMARTS) is 1. The molecule has 0 spiro atoms. The Kier molecular flexibility index (Phi) is 2.36. The first-order chi connectivity index (χ1) is 10.1. The fourth-order valence-electron chi connectivity index (χ4n) is 3.13. The maximum absolute atomic E-state index is 14.2. The summed E-state index contributed by atoms with van der Waals surface area (Å²) in [5.41, 5.74) is 1.53. The molecule has 0 aliphatic heterocycles. The lowest BCUT2D eigenvalue weighted by Gasteiger charge is -2.07. The third-order valence-electron chi connectivity index (χ3n) is 4.20. The molecule has 1 fully saturated rings. The molecule has 0 saturated heterocycles. The summed E-state index contributed by atoms with van der Waals surface area (Å²) < 4.78 is 20.5. The van der Waals surface area contributed by atoms with E-state index in [9.17, 15) is 14.3 Å². The van der Waals surface area contributed by atoms with E-state index in [1.54, 1.807) is 0 Å². The number of nitrogens with zero attached hydrogens (tertiary/aromatic N) is 3. The van der Waals surface area contributed by atoms with Gasteiger partial charge in [0.05, 0.1) is 19.0 Å². The highest BCUT2D eigenvalue weighted by atomic mass is 19.1. The molecule has 0 amide bonds. The van der Waals surface area contributed by atoms with Crippen LogP contribution in [0.1, 0.15) is 34.1 Å². The van der Waals surface area contributed by atoms with E-state index in [0.29, 0.717) is 18.1 Å². The smallest absolute Gasteiger partial charge is 0.356 e. The molecule has 108 valence electrons. The number of carboxylic acids is 1. The molecular weight excluding hydrogens is 277 g/mol. The van der Waals surface area contributed by atoms with Gasteiger partial charge in [-0.1, -0.05) is 0 Å². The minimum Gasteiger partial charge on any atom is -0.495 e. The van der Waals surface area contributed by atoms with Crippen LogP contribution in [0.3, 0.4) is 0 Å². The molecule has 0 radical (unpaired) electrons. The van der Waals surface area contributed by atoms with Gasteiger partial charge >= 0.3 is 5.97 Å². The zero-order valence-electron chi connectivity index (χ0n) is 11.2. The number of rotatable bonds is 3. The van der Waals surface area contributed by atoms with E-state index in [2.05, 4.69) is 10.1 Å². The zero-order valence-corrected chi connectivity index (χ0v) is 11.2. The fourth-order valence-corrected chi connectivity index (χ4v) is 3.13. The molecule has 7 heteroatoms. The second-order valence-electron chi connectivity index (χ2n) is 5.42. The molecule has 2 aliphatic carbocycles. The van der Waals surface area contributed by atoms with Crippen LogP contribution in [0.15, 0.2) is 12.3 Å². The molecule has 21 heavy (non-hydrogen) atoms. The number of hydrogen-bond donors (Lipinski definition) is 1. The summed E-state index contributed by atoms with van der Waals surface area (Å²) in [5, 5.41) is 13.3. The van der Waals surface area contributed by atoms with E-state index in [0.717, 1.165) is 17.7 Å². The number of fused-ring (bicyclic) bond motifs is 3. The Hall–Kier alpha value is -2.44. The number of pyridine rings is 1. The molecule has 2 aliphatic rings. The van der Waals surface area contributed by atoms with Crippen molar-refractivity contribution in [2.45, 2.75) is 18.8 Å². The van der Waals surface area contributed by atoms with Gasteiger partial charge in [0.1, 0.15) is 5.75 Å². The van der Waals surface area contributed by atoms with E-state index in [1.165, 1.54) is 24.1 Å². The summed E-state index contributed by atoms with van der Waals surface area (Å²) in [5.74, 6) is -0.580. The minimum absolute atomic E-state index is 0.00854. The third-order valence-corrected chi connectivity index (χ3v) is 4.20. The van der Waals surface area contributed by atoms with E-state index in [4.69, 9.17) is 4.74 Å². The summed E-state index contributed by atoms with van der Waals surface area (Å²) in [4.78, 5) is 15.3. The first kappa shape index (κ1) is 12.3. The summed E-state index contributed by atoms with van der Waals surface area (Å²) in [6.45, 7) is 0. The van der Waals surface area contributed by atoms with Crippen LogP contribution in [0.2, 0.25) is 0 Å². The Labute approximate surface area is 119 Å². The second-order valence-corrected chi connectivity index (χ2v) is 5.42. The Morgan fingerprint density at radius 2 is 2.38 bits per heavy atom. The van der Waals surface area contributed by atoms with Crippen LogP contribution in [-0.4, -0.2) is 33.0 Å². The zero-order chi connectivity index (χ0) is 14.7. The Bertz CT molecular complexity index is 771. The lowest BCUT2D eigenvalue weighted by Crippen LogP contribution is -2.08. The maximum atomic E-state index is 14.2. The molecule has 0 aromatic carbocycles. The van der Waals surface area contributed by atoms with Crippen molar-refractivity contribution in [3.63, 3.8) is 0 Å². The van der Waals surface area contributed by atoms with Crippen molar-refractivity contribution in [3.8, 4) is 11.6 Å². The fraction of sp³-hybridized carbons (Fsp3) is 0.357. The van der Waals surface area contributed by atoms with Gasteiger partial charge in [-0.15, -0.1) is 0 Å². The predicted octanol–water partition coefficient (Wildman–Crippen LogP) is 1.77. The molecule has 1 N–H and O–H groups in total. The van der Waals surface area contributed by atoms with Crippen molar-refractivity contribution in [1.29, 1.82) is 0 Å². The standard InChI is InChI=1S/C14H12FN3O3/c1-21-7-4-10(15)13(16-5-7)18-12-8-2-6(8)3-9(12)11(17-18)14(19)20/h4-6,8H,2-3H2,1H3,(H,19,20)/t6-,8-/m1/s1. The van der Waals surface area contributed by atoms with Crippen LogP contribution < -0.4 is 4.74 Å². The first-order valence-electron chi connectivity index (χ1n) is 6.65. The summed E-state index contributed by atoms with van der Waals surface area (Å²) in [6.07, 6.45) is 3.11. The summed E-state index contributed by atoms with van der Waals surface area (Å²) in [7, 11) is 1.43. The van der Waals surface area contributed by atoms with E-state index < -0.39 is 11.8 Å². The lowest BCUT2D eigenvalue weighted by molar-refractivity contribution is 0.0688. The number of ether oxygens (including phenoxy) is 1. The third kappa shape index (κ3) is 1.66. The van der Waals surface area contributed by atoms with Gasteiger partial charge in [-0.3, -0.25) is 0 Å². The Morgan fingerprint density at radius 1 is 1.57 bits per heavy atom. The predicted molar refractivity (Wildman–Crippen MR) is 69.4 cm³/mol. The normalized spacial score (nSPS) is 21.8. The van der Waals surface area contributed by atoms with Crippen molar-refractivity contribution >= 4 is 5.97 Å². The van der Waals surface area contributed by atoms with Crippen molar-refractivity contribution in [2.75, 3.05) is 7.11 Å². The monoisotopic (exact) mass is 289 g/mol. The number of halogens is 1. The molecule has 1 saturated carbocycles. The van der Waals surface area contributed by atoms with Crippen LogP contribution in [0.5, 0.6) is 5.75 Å². The van der Waals surface area contributed by atoms with Crippen LogP contribution in [0, 0.1) is 11.7 Å². The highest BCUT2D eigenvalue weighted by Crippen LogP contribution is 2.57. The molecule has 2 heterocycles. The number of hydrogen-bond acceptors (Lipinski definition) is 4. The summed E-state index contributed by atoms with van der Waals surface area (Å²) in [6, 6.07) is 1.22. The number of methoxy groups -OCH3 is 1. The van der Waals surface area contributed by atoms with Crippen molar-refractivity contribution < 1.29 is 19.0 Å². The first-order valence-corrected chi connectivity index (χ1v) is 6.65. The molecule has 6 nitrogen and oxygen atoms in total. The van der Waals surface area contributed by atoms with Gasteiger partial charge in [0.2, 0.25) is 0 Å². The average molecular weight is 289 g/mol. The van der Waals surface area contributed by atoms with Crippen LogP contribution in [-0.2, 0) is 6.42 Å². The quantitative estimate of drug-likeness (QED) is 0.931. The highest BCUT2D eigenvalue weighted by molar-refractivity contribution is 5.88. The molecule has 2 atom stereocenters. The molecule has 4 rings (SSSR count). The molecule has 0 unspecified atom stereocenters. The minimum atomic E-state index is -1.08. The van der Waals surface area contributed by atoms with Gasteiger partial charge in [-0.05, 0) is 18.8 Å². The summed E-state index contributed by atoms with van der Waals surface area (Å²) >= 11 is 0. The van der Waals surface area contributed by atoms with E-state index in [1.807, 2.05) is 0 Å². The average Bonchev–Trinajstić information content (AvgIpc) is 2.96. The van der Waals surface area contributed by atoms with Crippen LogP contribution in [0.25, 0.3) is 5.82 Å². The topological polar surface area (TPSA) is 77.2 Å². The largest absolute Gasteiger partial charge is 0.495 e. The molecule has 2 aromatic rings. The number of aromatic nitrogens is 3. The molecule has 0 bridgehead atoms. The van der Waals surface area contributed by atoms with Crippen LogP contribution in [0.4, 0.5) is 4.39 Å². The Morgan fingerprint density at radius 3 is 3.05 bits per heavy atom. The Balaban J connectivity index is 1.90. The SMILES string of the molecule is COc1cnc(-n2nc(C(=O)O)c3c2[C@@H]2C[C@@H]2C3)c(F)c1. The maximum Gasteiger partial charge on any atom is 0.356 e. The van der Waals surface area contributed by atoms with Gasteiger partial charge in [0.25, 0.3) is 0 Å². The second kappa shape index (κ2) is 4.03. The van der Waals surface area contributed by atoms with Crippen LogP contribution >= 0.6 is 0 Å². The highest BCUT2D eigenvalue weighted by Gasteiger charge is 2.50. The molecular formula is C14H12FN3O3. The van der Waals surface area contributed by atoms with Gasteiger partial charge in [0.15, 0.2) is 17.3 Å². The molecule has 2 aromatic heterocycles. The number of carbonyl (C=O) groups is 1. The van der Waals surface area contributed by atoms with E-state index >= 15 is 0 Å².